The molecule has 1 aromatic rings. The van der Waals surface area contributed by atoms with Crippen molar-refractivity contribution in [2.45, 2.75) is 77.4 Å². The summed E-state index contributed by atoms with van der Waals surface area (Å²) < 4.78 is 0. The normalized spacial score (nSPS) is 28.4. The van der Waals surface area contributed by atoms with Crippen LogP contribution in [0.15, 0.2) is 12.3 Å². The number of aliphatic hydroxyl groups excluding tert-OH is 1. The number of likely N-dealkylation sites (tertiary alicyclic amines) is 1. The summed E-state index contributed by atoms with van der Waals surface area (Å²) in [5.74, 6) is 1.12. The summed E-state index contributed by atoms with van der Waals surface area (Å²) in [5.41, 5.74) is 1.18. The molecule has 8 heteroatoms. The van der Waals surface area contributed by atoms with E-state index < -0.39 is 6.09 Å². The number of pyridine rings is 1. The van der Waals surface area contributed by atoms with Crippen molar-refractivity contribution in [2.24, 2.45) is 5.41 Å². The summed E-state index contributed by atoms with van der Waals surface area (Å²) in [5, 5.41) is 19.3. The molecule has 1 atom stereocenters. The molecule has 3 heterocycles. The lowest BCUT2D eigenvalue weighted by Crippen LogP contribution is -2.50. The van der Waals surface area contributed by atoms with Crippen molar-refractivity contribution >= 4 is 23.5 Å². The summed E-state index contributed by atoms with van der Waals surface area (Å²) >= 11 is 0. The fourth-order valence-electron chi connectivity index (χ4n) is 5.85. The van der Waals surface area contributed by atoms with Crippen molar-refractivity contribution in [3.8, 4) is 0 Å². The molecule has 2 N–H and O–H groups in total. The molecular formula is C24H36N4O4. The number of hydrogen-bond donors (Lipinski definition) is 2. The lowest BCUT2D eigenvalue weighted by atomic mass is 9.78. The number of aromatic nitrogens is 1. The quantitative estimate of drug-likeness (QED) is 0.722. The number of carbonyl (C=O) groups excluding carboxylic acids is 1. The molecule has 1 saturated carbocycles. The van der Waals surface area contributed by atoms with Gasteiger partial charge in [-0.1, -0.05) is 6.92 Å². The van der Waals surface area contributed by atoms with Crippen LogP contribution in [0, 0.1) is 12.3 Å². The third-order valence-electron chi connectivity index (χ3n) is 7.56. The van der Waals surface area contributed by atoms with Gasteiger partial charge in [-0.05, 0) is 69.9 Å². The van der Waals surface area contributed by atoms with Gasteiger partial charge in [-0.2, -0.15) is 0 Å². The van der Waals surface area contributed by atoms with Crippen molar-refractivity contribution < 1.29 is 19.8 Å². The molecule has 1 spiro atoms. The first-order valence-electron chi connectivity index (χ1n) is 12.1. The molecular weight excluding hydrogens is 408 g/mol. The van der Waals surface area contributed by atoms with Crippen LogP contribution in [-0.4, -0.2) is 70.4 Å². The molecule has 2 amide bonds. The molecule has 2 aliphatic heterocycles. The molecule has 2 saturated heterocycles. The van der Waals surface area contributed by atoms with Crippen LogP contribution in [0.3, 0.4) is 0 Å². The van der Waals surface area contributed by atoms with Crippen molar-refractivity contribution in [1.82, 2.24) is 9.88 Å². The minimum Gasteiger partial charge on any atom is -0.465 e. The summed E-state index contributed by atoms with van der Waals surface area (Å²) in [7, 11) is 0. The fourth-order valence-corrected chi connectivity index (χ4v) is 5.85. The Morgan fingerprint density at radius 1 is 1.25 bits per heavy atom. The van der Waals surface area contributed by atoms with E-state index in [2.05, 4.69) is 14.8 Å². The molecule has 1 aromatic heterocycles. The number of rotatable bonds is 5. The highest BCUT2D eigenvalue weighted by Gasteiger charge is 2.50. The number of hydrogen-bond acceptors (Lipinski definition) is 5. The summed E-state index contributed by atoms with van der Waals surface area (Å²) in [4.78, 5) is 35.5. The third-order valence-corrected chi connectivity index (χ3v) is 7.56. The highest BCUT2D eigenvalue weighted by Crippen LogP contribution is 2.43. The van der Waals surface area contributed by atoms with E-state index in [1.807, 2.05) is 19.9 Å². The first kappa shape index (κ1) is 22.8. The average Bonchev–Trinajstić information content (AvgIpc) is 3.07. The van der Waals surface area contributed by atoms with Crippen LogP contribution in [0.5, 0.6) is 0 Å². The van der Waals surface area contributed by atoms with Gasteiger partial charge in [0.2, 0.25) is 5.91 Å². The van der Waals surface area contributed by atoms with Gasteiger partial charge in [0.1, 0.15) is 5.82 Å². The van der Waals surface area contributed by atoms with E-state index in [-0.39, 0.29) is 23.5 Å². The van der Waals surface area contributed by atoms with E-state index in [0.717, 1.165) is 75.8 Å². The third kappa shape index (κ3) is 4.29. The Kier molecular flexibility index (Phi) is 6.60. The lowest BCUT2D eigenvalue weighted by molar-refractivity contribution is -0.139. The van der Waals surface area contributed by atoms with Gasteiger partial charge < -0.3 is 20.0 Å². The highest BCUT2D eigenvalue weighted by molar-refractivity contribution is 5.87. The number of amides is 2. The second-order valence-corrected chi connectivity index (χ2v) is 9.78. The largest absolute Gasteiger partial charge is 0.465 e. The van der Waals surface area contributed by atoms with Crippen molar-refractivity contribution in [2.75, 3.05) is 36.0 Å². The average molecular weight is 445 g/mol. The predicted molar refractivity (Wildman–Crippen MR) is 123 cm³/mol. The predicted octanol–water partition coefficient (Wildman–Crippen LogP) is 3.41. The smallest absolute Gasteiger partial charge is 0.411 e. The van der Waals surface area contributed by atoms with Crippen LogP contribution in [-0.2, 0) is 4.79 Å². The lowest BCUT2D eigenvalue weighted by Gasteiger charge is -2.41. The van der Waals surface area contributed by atoms with Gasteiger partial charge >= 0.3 is 6.09 Å². The number of carbonyl (C=O) groups is 2. The van der Waals surface area contributed by atoms with Crippen LogP contribution in [0.1, 0.15) is 63.9 Å². The molecule has 1 aliphatic carbocycles. The summed E-state index contributed by atoms with van der Waals surface area (Å²) in [6, 6.07) is 2.16. The van der Waals surface area contributed by atoms with E-state index in [1.54, 1.807) is 6.20 Å². The van der Waals surface area contributed by atoms with Gasteiger partial charge in [0.15, 0.2) is 0 Å². The maximum absolute atomic E-state index is 13.6. The van der Waals surface area contributed by atoms with Crippen molar-refractivity contribution in [3.05, 3.63) is 17.8 Å². The molecule has 8 nitrogen and oxygen atoms in total. The van der Waals surface area contributed by atoms with E-state index in [4.69, 9.17) is 0 Å². The van der Waals surface area contributed by atoms with E-state index in [1.165, 1.54) is 4.90 Å². The fraction of sp³-hybridized carbons (Fsp3) is 0.708. The SMILES string of the molecule is CCCN(C(=O)O)c1cnc(N2CCC[C@]3(CCN([C@H]4CC[C@@H](O)CC4)C3=O)C2)c(C)c1. The molecule has 0 unspecified atom stereocenters. The zero-order valence-corrected chi connectivity index (χ0v) is 19.3. The first-order valence-corrected chi connectivity index (χ1v) is 12.1. The van der Waals surface area contributed by atoms with Crippen LogP contribution in [0.4, 0.5) is 16.3 Å². The van der Waals surface area contributed by atoms with Gasteiger partial charge in [0.05, 0.1) is 23.4 Å². The molecule has 176 valence electrons. The Balaban J connectivity index is 1.49. The van der Waals surface area contributed by atoms with E-state index in [9.17, 15) is 19.8 Å². The Bertz CT molecular complexity index is 854. The highest BCUT2D eigenvalue weighted by atomic mass is 16.4. The van der Waals surface area contributed by atoms with Crippen LogP contribution in [0.25, 0.3) is 0 Å². The topological polar surface area (TPSA) is 97.2 Å². The maximum atomic E-state index is 13.6. The van der Waals surface area contributed by atoms with E-state index >= 15 is 0 Å². The van der Waals surface area contributed by atoms with Crippen molar-refractivity contribution in [3.63, 3.8) is 0 Å². The van der Waals surface area contributed by atoms with Gasteiger partial charge in [0.25, 0.3) is 0 Å². The van der Waals surface area contributed by atoms with Crippen LogP contribution < -0.4 is 9.80 Å². The zero-order chi connectivity index (χ0) is 22.9. The van der Waals surface area contributed by atoms with Crippen LogP contribution >= 0.6 is 0 Å². The molecule has 3 fully saturated rings. The molecule has 32 heavy (non-hydrogen) atoms. The maximum Gasteiger partial charge on any atom is 0.411 e. The monoisotopic (exact) mass is 444 g/mol. The Hall–Kier alpha value is -2.35. The molecule has 0 radical (unpaired) electrons. The number of anilines is 2. The van der Waals surface area contributed by atoms with Gasteiger partial charge in [-0.3, -0.25) is 9.69 Å². The number of aryl methyl sites for hydroxylation is 1. The minimum atomic E-state index is -0.968. The summed E-state index contributed by atoms with van der Waals surface area (Å²) in [6.07, 6.45) is 7.30. The molecule has 4 rings (SSSR count). The summed E-state index contributed by atoms with van der Waals surface area (Å²) in [6.45, 7) is 6.69. The van der Waals surface area contributed by atoms with Gasteiger partial charge in [-0.25, -0.2) is 9.78 Å². The van der Waals surface area contributed by atoms with Gasteiger partial charge in [0, 0.05) is 32.2 Å². The number of nitrogens with zero attached hydrogens (tertiary/aromatic N) is 4. The molecule has 0 aromatic carbocycles. The van der Waals surface area contributed by atoms with Gasteiger partial charge in [-0.15, -0.1) is 0 Å². The zero-order valence-electron chi connectivity index (χ0n) is 19.3. The Morgan fingerprint density at radius 2 is 2.00 bits per heavy atom. The molecule has 0 bridgehead atoms. The minimum absolute atomic E-state index is 0.213. The number of carboxylic acid groups (broad SMARTS) is 1. The number of aliphatic hydroxyl groups is 1. The van der Waals surface area contributed by atoms with Crippen LogP contribution in [0.2, 0.25) is 0 Å². The second-order valence-electron chi connectivity index (χ2n) is 9.78. The van der Waals surface area contributed by atoms with E-state index in [0.29, 0.717) is 18.8 Å². The second kappa shape index (κ2) is 9.25. The Morgan fingerprint density at radius 3 is 2.66 bits per heavy atom. The van der Waals surface area contributed by atoms with Crippen molar-refractivity contribution in [1.29, 1.82) is 0 Å². The molecule has 3 aliphatic rings. The first-order chi connectivity index (χ1) is 15.3. The number of piperidine rings is 1. The standard InChI is InChI=1S/C24H36N4O4/c1-3-11-28(23(31)32)19-14-17(2)21(25-15-19)26-12-4-9-24(16-26)10-13-27(22(24)30)18-5-7-20(29)8-6-18/h14-15,18,20,29H,3-13,16H2,1-2H3,(H,31,32)/t18-,20+,24-/m0/s1. The Labute approximate surface area is 190 Å².